The number of rotatable bonds is 4. The van der Waals surface area contributed by atoms with Crippen molar-refractivity contribution in [3.05, 3.63) is 83.1 Å². The van der Waals surface area contributed by atoms with Gasteiger partial charge in [-0.1, -0.05) is 29.3 Å². The van der Waals surface area contributed by atoms with Gasteiger partial charge in [0.15, 0.2) is 5.75 Å². The van der Waals surface area contributed by atoms with Crippen molar-refractivity contribution >= 4 is 23.2 Å². The molecule has 3 aromatic rings. The molecule has 0 unspecified atom stereocenters. The van der Waals surface area contributed by atoms with Crippen molar-refractivity contribution in [3.8, 4) is 11.5 Å². The van der Waals surface area contributed by atoms with Crippen LogP contribution in [0.1, 0.15) is 15.9 Å². The molecule has 4 nitrogen and oxygen atoms in total. The van der Waals surface area contributed by atoms with Crippen LogP contribution in [0.4, 0.5) is 5.69 Å². The molecule has 2 aromatic carbocycles. The number of nitrogens with one attached hydrogen (secondary N) is 1. The van der Waals surface area contributed by atoms with Crippen LogP contribution >= 0.6 is 11.6 Å². The second-order valence-electron chi connectivity index (χ2n) is 5.25. The summed E-state index contributed by atoms with van der Waals surface area (Å²) in [6, 6.07) is 16.1. The molecule has 1 aromatic heterocycles. The number of pyridine rings is 1. The second kappa shape index (κ2) is 7.15. The predicted molar refractivity (Wildman–Crippen MR) is 94.9 cm³/mol. The molecule has 1 N–H and O–H groups in total. The van der Waals surface area contributed by atoms with E-state index >= 15 is 0 Å². The highest BCUT2D eigenvalue weighted by Crippen LogP contribution is 2.32. The van der Waals surface area contributed by atoms with Gasteiger partial charge in [0.2, 0.25) is 0 Å². The molecule has 0 aliphatic carbocycles. The molecule has 120 valence electrons. The summed E-state index contributed by atoms with van der Waals surface area (Å²) >= 11 is 6.05. The summed E-state index contributed by atoms with van der Waals surface area (Å²) in [6.45, 7) is 2.01. The summed E-state index contributed by atoms with van der Waals surface area (Å²) in [5.74, 6) is 0.916. The number of aromatic nitrogens is 1. The Hall–Kier alpha value is -2.85. The molecule has 0 saturated carbocycles. The predicted octanol–water partition coefficient (Wildman–Crippen LogP) is 5.09. The number of carbonyl (C=O) groups is 1. The zero-order chi connectivity index (χ0) is 16.9. The number of benzene rings is 2. The third-order valence-electron chi connectivity index (χ3n) is 3.36. The number of halogens is 1. The molecule has 0 fully saturated rings. The minimum Gasteiger partial charge on any atom is -0.455 e. The van der Waals surface area contributed by atoms with E-state index in [1.807, 2.05) is 31.2 Å². The molecule has 0 atom stereocenters. The second-order valence-corrected chi connectivity index (χ2v) is 5.69. The first kappa shape index (κ1) is 16.0. The largest absolute Gasteiger partial charge is 0.455 e. The van der Waals surface area contributed by atoms with Crippen LogP contribution in [0.2, 0.25) is 5.02 Å². The van der Waals surface area contributed by atoms with Crippen LogP contribution in [-0.4, -0.2) is 10.9 Å². The van der Waals surface area contributed by atoms with E-state index < -0.39 is 0 Å². The minimum absolute atomic E-state index is 0.279. The van der Waals surface area contributed by atoms with Crippen molar-refractivity contribution in [2.24, 2.45) is 0 Å². The van der Waals surface area contributed by atoms with Gasteiger partial charge in [-0.25, -0.2) is 0 Å². The molecule has 24 heavy (non-hydrogen) atoms. The SMILES string of the molecule is Cc1ccc(Oc2ccc(Cl)cc2NC(=O)c2cccnc2)cc1. The van der Waals surface area contributed by atoms with Crippen molar-refractivity contribution in [1.82, 2.24) is 4.98 Å². The highest BCUT2D eigenvalue weighted by atomic mass is 35.5. The van der Waals surface area contributed by atoms with E-state index in [0.717, 1.165) is 5.56 Å². The van der Waals surface area contributed by atoms with Gasteiger partial charge in [-0.05, 0) is 49.4 Å². The lowest BCUT2D eigenvalue weighted by molar-refractivity contribution is 0.102. The fraction of sp³-hybridized carbons (Fsp3) is 0.0526. The monoisotopic (exact) mass is 338 g/mol. The topological polar surface area (TPSA) is 51.2 Å². The van der Waals surface area contributed by atoms with E-state index in [4.69, 9.17) is 16.3 Å². The van der Waals surface area contributed by atoms with E-state index in [1.165, 1.54) is 6.20 Å². The lowest BCUT2D eigenvalue weighted by Gasteiger charge is -2.13. The third kappa shape index (κ3) is 3.91. The number of aryl methyl sites for hydroxylation is 1. The van der Waals surface area contributed by atoms with E-state index in [1.54, 1.807) is 36.5 Å². The fourth-order valence-electron chi connectivity index (χ4n) is 2.11. The van der Waals surface area contributed by atoms with E-state index in [2.05, 4.69) is 10.3 Å². The molecule has 3 rings (SSSR count). The van der Waals surface area contributed by atoms with Crippen LogP contribution < -0.4 is 10.1 Å². The van der Waals surface area contributed by atoms with Gasteiger partial charge in [-0.3, -0.25) is 9.78 Å². The first-order valence-electron chi connectivity index (χ1n) is 7.37. The van der Waals surface area contributed by atoms with Gasteiger partial charge in [0.25, 0.3) is 5.91 Å². The van der Waals surface area contributed by atoms with Crippen LogP contribution in [0.15, 0.2) is 67.0 Å². The van der Waals surface area contributed by atoms with E-state index in [0.29, 0.717) is 27.8 Å². The zero-order valence-corrected chi connectivity index (χ0v) is 13.7. The number of hydrogen-bond acceptors (Lipinski definition) is 3. The van der Waals surface area contributed by atoms with E-state index in [-0.39, 0.29) is 5.91 Å². The minimum atomic E-state index is -0.279. The van der Waals surface area contributed by atoms with Crippen LogP contribution in [0.25, 0.3) is 0 Å². The number of nitrogens with zero attached hydrogens (tertiary/aromatic N) is 1. The Morgan fingerprint density at radius 1 is 1.12 bits per heavy atom. The average molecular weight is 339 g/mol. The Balaban J connectivity index is 1.85. The molecule has 0 saturated heterocycles. The van der Waals surface area contributed by atoms with Crippen molar-refractivity contribution in [2.45, 2.75) is 6.92 Å². The highest BCUT2D eigenvalue weighted by molar-refractivity contribution is 6.31. The zero-order valence-electron chi connectivity index (χ0n) is 13.0. The van der Waals surface area contributed by atoms with Gasteiger partial charge in [0.05, 0.1) is 11.3 Å². The van der Waals surface area contributed by atoms with E-state index in [9.17, 15) is 4.79 Å². The summed E-state index contributed by atoms with van der Waals surface area (Å²) < 4.78 is 5.87. The van der Waals surface area contributed by atoms with Crippen molar-refractivity contribution in [3.63, 3.8) is 0 Å². The Morgan fingerprint density at radius 3 is 2.62 bits per heavy atom. The van der Waals surface area contributed by atoms with Crippen molar-refractivity contribution in [1.29, 1.82) is 0 Å². The summed E-state index contributed by atoms with van der Waals surface area (Å²) in [5.41, 5.74) is 2.10. The maximum atomic E-state index is 12.3. The summed E-state index contributed by atoms with van der Waals surface area (Å²) in [5, 5.41) is 3.32. The maximum absolute atomic E-state index is 12.3. The lowest BCUT2D eigenvalue weighted by atomic mass is 10.2. The number of ether oxygens (including phenoxy) is 1. The summed E-state index contributed by atoms with van der Waals surface area (Å²) in [6.07, 6.45) is 3.11. The van der Waals surface area contributed by atoms with Crippen LogP contribution in [0, 0.1) is 6.92 Å². The van der Waals surface area contributed by atoms with Gasteiger partial charge in [-0.15, -0.1) is 0 Å². The van der Waals surface area contributed by atoms with Crippen LogP contribution in [0.3, 0.4) is 0 Å². The molecular formula is C19H15ClN2O2. The molecule has 1 amide bonds. The number of carbonyl (C=O) groups excluding carboxylic acids is 1. The van der Waals surface area contributed by atoms with Gasteiger partial charge in [0.1, 0.15) is 5.75 Å². The summed E-state index contributed by atoms with van der Waals surface area (Å²) in [7, 11) is 0. The quantitative estimate of drug-likeness (QED) is 0.721. The van der Waals surface area contributed by atoms with Gasteiger partial charge in [0, 0.05) is 17.4 Å². The number of anilines is 1. The van der Waals surface area contributed by atoms with Gasteiger partial charge >= 0.3 is 0 Å². The Labute approximate surface area is 145 Å². The van der Waals surface area contributed by atoms with Gasteiger partial charge < -0.3 is 10.1 Å². The molecular weight excluding hydrogens is 324 g/mol. The lowest BCUT2D eigenvalue weighted by Crippen LogP contribution is -2.12. The number of hydrogen-bond donors (Lipinski definition) is 1. The third-order valence-corrected chi connectivity index (χ3v) is 3.60. The molecule has 5 heteroatoms. The molecule has 0 aliphatic heterocycles. The van der Waals surface area contributed by atoms with Crippen molar-refractivity contribution < 1.29 is 9.53 Å². The van der Waals surface area contributed by atoms with Crippen molar-refractivity contribution in [2.75, 3.05) is 5.32 Å². The smallest absolute Gasteiger partial charge is 0.257 e. The molecule has 0 radical (unpaired) electrons. The highest BCUT2D eigenvalue weighted by Gasteiger charge is 2.11. The maximum Gasteiger partial charge on any atom is 0.257 e. The Kier molecular flexibility index (Phi) is 4.77. The molecule has 0 aliphatic rings. The number of amides is 1. The van der Waals surface area contributed by atoms with Crippen LogP contribution in [0.5, 0.6) is 11.5 Å². The normalized spacial score (nSPS) is 10.2. The first-order chi connectivity index (χ1) is 11.6. The molecule has 0 bridgehead atoms. The molecule has 0 spiro atoms. The summed E-state index contributed by atoms with van der Waals surface area (Å²) in [4.78, 5) is 16.3. The fourth-order valence-corrected chi connectivity index (χ4v) is 2.29. The molecule has 1 heterocycles. The standard InChI is InChI=1S/C19H15ClN2O2/c1-13-4-7-16(8-5-13)24-18-9-6-15(20)11-17(18)22-19(23)14-3-2-10-21-12-14/h2-12H,1H3,(H,22,23). The first-order valence-corrected chi connectivity index (χ1v) is 7.75. The van der Waals surface area contributed by atoms with Crippen LogP contribution in [-0.2, 0) is 0 Å². The van der Waals surface area contributed by atoms with Gasteiger partial charge in [-0.2, -0.15) is 0 Å². The Bertz CT molecular complexity index is 849. The average Bonchev–Trinajstić information content (AvgIpc) is 2.60. The Morgan fingerprint density at radius 2 is 1.92 bits per heavy atom.